The fraction of sp³-hybridized carbons (Fsp3) is 0.632. The molecule has 2 aliphatic rings. The number of carbonyl (C=O) groups excluding carboxylic acids is 1. The Bertz CT molecular complexity index is 541. The molecule has 0 aliphatic carbocycles. The summed E-state index contributed by atoms with van der Waals surface area (Å²) in [5, 5.41) is 0. The highest BCUT2D eigenvalue weighted by Gasteiger charge is 2.24. The summed E-state index contributed by atoms with van der Waals surface area (Å²) < 4.78 is 11.1. The van der Waals surface area contributed by atoms with Gasteiger partial charge in [-0.1, -0.05) is 6.07 Å². The topological polar surface area (TPSA) is 42.0 Å². The molecular formula is C19H28N2O3. The van der Waals surface area contributed by atoms with Crippen LogP contribution in [0.1, 0.15) is 17.5 Å². The number of carbonyl (C=O) groups is 1. The summed E-state index contributed by atoms with van der Waals surface area (Å²) in [5.41, 5.74) is 2.31. The highest BCUT2D eigenvalue weighted by Crippen LogP contribution is 2.17. The summed E-state index contributed by atoms with van der Waals surface area (Å²) >= 11 is 0. The molecule has 0 aromatic heterocycles. The van der Waals surface area contributed by atoms with Gasteiger partial charge in [0.1, 0.15) is 5.75 Å². The van der Waals surface area contributed by atoms with Crippen molar-refractivity contribution in [3.8, 4) is 5.75 Å². The van der Waals surface area contributed by atoms with Gasteiger partial charge in [-0.2, -0.15) is 0 Å². The van der Waals surface area contributed by atoms with Crippen LogP contribution in [0.3, 0.4) is 0 Å². The van der Waals surface area contributed by atoms with Crippen molar-refractivity contribution in [1.29, 1.82) is 0 Å². The van der Waals surface area contributed by atoms with Crippen LogP contribution in [0.15, 0.2) is 18.2 Å². The van der Waals surface area contributed by atoms with E-state index in [1.54, 1.807) is 0 Å². The number of benzene rings is 1. The maximum Gasteiger partial charge on any atom is 0.260 e. The lowest BCUT2D eigenvalue weighted by Crippen LogP contribution is -2.50. The summed E-state index contributed by atoms with van der Waals surface area (Å²) in [6.45, 7) is 10.6. The van der Waals surface area contributed by atoms with E-state index in [1.807, 2.05) is 30.9 Å². The van der Waals surface area contributed by atoms with Crippen molar-refractivity contribution in [2.24, 2.45) is 5.92 Å². The van der Waals surface area contributed by atoms with Gasteiger partial charge in [-0.05, 0) is 49.4 Å². The first kappa shape index (κ1) is 17.2. The first-order valence-electron chi connectivity index (χ1n) is 8.89. The van der Waals surface area contributed by atoms with Crippen molar-refractivity contribution in [1.82, 2.24) is 9.80 Å². The minimum Gasteiger partial charge on any atom is -0.484 e. The second-order valence-corrected chi connectivity index (χ2v) is 7.02. The van der Waals surface area contributed by atoms with E-state index >= 15 is 0 Å². The Morgan fingerprint density at radius 2 is 1.88 bits per heavy atom. The fourth-order valence-corrected chi connectivity index (χ4v) is 3.52. The van der Waals surface area contributed by atoms with Crippen LogP contribution in [0.2, 0.25) is 0 Å². The Balaban J connectivity index is 1.41. The van der Waals surface area contributed by atoms with Crippen LogP contribution in [-0.4, -0.2) is 68.3 Å². The molecule has 0 radical (unpaired) electrons. The van der Waals surface area contributed by atoms with Crippen LogP contribution in [0, 0.1) is 19.8 Å². The maximum absolute atomic E-state index is 12.4. The molecule has 24 heavy (non-hydrogen) atoms. The molecule has 0 bridgehead atoms. The van der Waals surface area contributed by atoms with Crippen molar-refractivity contribution in [3.63, 3.8) is 0 Å². The number of aryl methyl sites for hydroxylation is 2. The molecule has 2 saturated heterocycles. The molecule has 1 atom stereocenters. The Morgan fingerprint density at radius 1 is 1.17 bits per heavy atom. The van der Waals surface area contributed by atoms with E-state index in [-0.39, 0.29) is 12.5 Å². The molecule has 2 fully saturated rings. The average molecular weight is 332 g/mol. The van der Waals surface area contributed by atoms with Crippen molar-refractivity contribution in [2.45, 2.75) is 20.3 Å². The van der Waals surface area contributed by atoms with Gasteiger partial charge in [0, 0.05) is 39.3 Å². The van der Waals surface area contributed by atoms with E-state index in [0.717, 1.165) is 62.8 Å². The van der Waals surface area contributed by atoms with Crippen molar-refractivity contribution in [3.05, 3.63) is 29.3 Å². The van der Waals surface area contributed by atoms with Crippen molar-refractivity contribution >= 4 is 5.91 Å². The minimum absolute atomic E-state index is 0.0815. The number of hydrogen-bond donors (Lipinski definition) is 0. The lowest BCUT2D eigenvalue weighted by Gasteiger charge is -2.35. The maximum atomic E-state index is 12.4. The Morgan fingerprint density at radius 3 is 2.50 bits per heavy atom. The highest BCUT2D eigenvalue weighted by molar-refractivity contribution is 5.77. The van der Waals surface area contributed by atoms with E-state index in [1.165, 1.54) is 6.42 Å². The molecular weight excluding hydrogens is 304 g/mol. The minimum atomic E-state index is 0.0815. The molecule has 5 heteroatoms. The second kappa shape index (κ2) is 7.99. The van der Waals surface area contributed by atoms with Gasteiger partial charge in [-0.15, -0.1) is 0 Å². The molecule has 1 aromatic carbocycles. The van der Waals surface area contributed by atoms with E-state index in [0.29, 0.717) is 5.92 Å². The summed E-state index contributed by atoms with van der Waals surface area (Å²) in [6, 6.07) is 6.05. The predicted molar refractivity (Wildman–Crippen MR) is 93.4 cm³/mol. The van der Waals surface area contributed by atoms with Gasteiger partial charge in [-0.25, -0.2) is 0 Å². The summed E-state index contributed by atoms with van der Waals surface area (Å²) in [7, 11) is 0. The van der Waals surface area contributed by atoms with E-state index in [4.69, 9.17) is 9.47 Å². The van der Waals surface area contributed by atoms with Gasteiger partial charge < -0.3 is 14.4 Å². The molecule has 0 unspecified atom stereocenters. The molecule has 0 spiro atoms. The molecule has 132 valence electrons. The Kier molecular flexibility index (Phi) is 5.74. The fourth-order valence-electron chi connectivity index (χ4n) is 3.52. The van der Waals surface area contributed by atoms with Gasteiger partial charge in [0.05, 0.1) is 6.61 Å². The monoisotopic (exact) mass is 332 g/mol. The average Bonchev–Trinajstić information content (AvgIpc) is 3.05. The summed E-state index contributed by atoms with van der Waals surface area (Å²) in [6.07, 6.45) is 1.17. The number of ether oxygens (including phenoxy) is 2. The number of rotatable bonds is 5. The number of hydrogen-bond acceptors (Lipinski definition) is 4. The van der Waals surface area contributed by atoms with Gasteiger partial charge in [-0.3, -0.25) is 9.69 Å². The smallest absolute Gasteiger partial charge is 0.260 e. The second-order valence-electron chi connectivity index (χ2n) is 7.02. The summed E-state index contributed by atoms with van der Waals surface area (Å²) in [4.78, 5) is 16.7. The largest absolute Gasteiger partial charge is 0.484 e. The van der Waals surface area contributed by atoms with Crippen LogP contribution in [0.4, 0.5) is 0 Å². The molecule has 1 aromatic rings. The zero-order valence-corrected chi connectivity index (χ0v) is 14.8. The predicted octanol–water partition coefficient (Wildman–Crippen LogP) is 1.86. The van der Waals surface area contributed by atoms with Crippen molar-refractivity contribution in [2.75, 3.05) is 52.5 Å². The normalized spacial score (nSPS) is 21.9. The van der Waals surface area contributed by atoms with Gasteiger partial charge >= 0.3 is 0 Å². The molecule has 0 saturated carbocycles. The third kappa shape index (κ3) is 4.71. The lowest BCUT2D eigenvalue weighted by atomic mass is 10.1. The number of nitrogens with zero attached hydrogens (tertiary/aromatic N) is 2. The summed E-state index contributed by atoms with van der Waals surface area (Å²) in [5.74, 6) is 1.53. The van der Waals surface area contributed by atoms with Gasteiger partial charge in [0.2, 0.25) is 0 Å². The zero-order valence-electron chi connectivity index (χ0n) is 14.8. The van der Waals surface area contributed by atoms with E-state index in [2.05, 4.69) is 11.0 Å². The third-order valence-electron chi connectivity index (χ3n) is 4.82. The molecule has 2 heterocycles. The van der Waals surface area contributed by atoms with Gasteiger partial charge in [0.25, 0.3) is 5.91 Å². The van der Waals surface area contributed by atoms with Crippen LogP contribution < -0.4 is 4.74 Å². The quantitative estimate of drug-likeness (QED) is 0.825. The SMILES string of the molecule is Cc1cc(C)cc(OCC(=O)N2CCN(C[C@H]3CCOC3)CC2)c1. The highest BCUT2D eigenvalue weighted by atomic mass is 16.5. The van der Waals surface area contributed by atoms with Crippen molar-refractivity contribution < 1.29 is 14.3 Å². The molecule has 0 N–H and O–H groups in total. The van der Waals surface area contributed by atoms with Crippen LogP contribution in [-0.2, 0) is 9.53 Å². The molecule has 5 nitrogen and oxygen atoms in total. The van der Waals surface area contributed by atoms with Crippen LogP contribution >= 0.6 is 0 Å². The zero-order chi connectivity index (χ0) is 16.9. The van der Waals surface area contributed by atoms with Crippen LogP contribution in [0.25, 0.3) is 0 Å². The Labute approximate surface area is 144 Å². The van der Waals surface area contributed by atoms with E-state index in [9.17, 15) is 4.79 Å². The van der Waals surface area contributed by atoms with Crippen LogP contribution in [0.5, 0.6) is 5.75 Å². The number of piperazine rings is 1. The molecule has 2 aliphatic heterocycles. The number of amides is 1. The lowest BCUT2D eigenvalue weighted by molar-refractivity contribution is -0.135. The standard InChI is InChI=1S/C19H28N2O3/c1-15-9-16(2)11-18(10-15)24-14-19(22)21-6-4-20(5-7-21)12-17-3-8-23-13-17/h9-11,17H,3-8,12-14H2,1-2H3/t17-/m1/s1. The molecule has 1 amide bonds. The third-order valence-corrected chi connectivity index (χ3v) is 4.82. The first-order valence-corrected chi connectivity index (χ1v) is 8.89. The van der Waals surface area contributed by atoms with Gasteiger partial charge in [0.15, 0.2) is 6.61 Å². The Hall–Kier alpha value is -1.59. The van der Waals surface area contributed by atoms with E-state index < -0.39 is 0 Å². The molecule has 3 rings (SSSR count). The first-order chi connectivity index (χ1) is 11.6.